The summed E-state index contributed by atoms with van der Waals surface area (Å²) in [5.41, 5.74) is 0.678. The standard InChI is InChI=1S/C12H10N2OS/c15-12(9-14-6-4-13-5-7-14)10-2-1-3-11(16)8-10/h1-8H,9H2/p+1. The van der Waals surface area contributed by atoms with Crippen LogP contribution in [0, 0.1) is 0 Å². The molecule has 0 aliphatic rings. The minimum atomic E-state index is 0.0621. The fourth-order valence-electron chi connectivity index (χ4n) is 1.39. The van der Waals surface area contributed by atoms with Gasteiger partial charge in [0, 0.05) is 10.5 Å². The number of ketones is 1. The highest BCUT2D eigenvalue weighted by atomic mass is 32.1. The van der Waals surface area contributed by atoms with Crippen LogP contribution in [0.15, 0.2) is 53.9 Å². The Morgan fingerprint density at radius 3 is 2.75 bits per heavy atom. The second-order valence-corrected chi connectivity index (χ2v) is 3.91. The van der Waals surface area contributed by atoms with Crippen LogP contribution in [0.5, 0.6) is 0 Å². The SMILES string of the molecule is O=C(C[n+]1ccncc1)c1cccc(S)c1. The molecule has 0 fully saturated rings. The lowest BCUT2D eigenvalue weighted by Crippen LogP contribution is -2.37. The van der Waals surface area contributed by atoms with Gasteiger partial charge in [0.25, 0.3) is 0 Å². The first-order chi connectivity index (χ1) is 7.75. The van der Waals surface area contributed by atoms with E-state index in [9.17, 15) is 4.79 Å². The van der Waals surface area contributed by atoms with Crippen LogP contribution in [0.25, 0.3) is 0 Å². The van der Waals surface area contributed by atoms with E-state index in [1.165, 1.54) is 0 Å². The number of rotatable bonds is 3. The van der Waals surface area contributed by atoms with Crippen LogP contribution in [-0.4, -0.2) is 10.8 Å². The molecule has 0 radical (unpaired) electrons. The van der Waals surface area contributed by atoms with E-state index in [4.69, 9.17) is 0 Å². The number of thiol groups is 1. The highest BCUT2D eigenvalue weighted by Crippen LogP contribution is 2.09. The molecule has 0 atom stereocenters. The van der Waals surface area contributed by atoms with Crippen molar-refractivity contribution >= 4 is 18.4 Å². The summed E-state index contributed by atoms with van der Waals surface area (Å²) >= 11 is 4.21. The first kappa shape index (κ1) is 10.8. The Bertz CT molecular complexity index is 499. The highest BCUT2D eigenvalue weighted by molar-refractivity contribution is 7.80. The summed E-state index contributed by atoms with van der Waals surface area (Å²) in [6.07, 6.45) is 6.84. The number of hydrogen-bond donors (Lipinski definition) is 1. The van der Waals surface area contributed by atoms with Crippen molar-refractivity contribution in [3.63, 3.8) is 0 Å². The van der Waals surface area contributed by atoms with Gasteiger partial charge in [-0.2, -0.15) is 4.57 Å². The normalized spacial score (nSPS) is 10.1. The molecule has 0 unspecified atom stereocenters. The molecule has 0 aliphatic heterocycles. The van der Waals surface area contributed by atoms with Crippen molar-refractivity contribution in [3.05, 3.63) is 54.6 Å². The Balaban J connectivity index is 2.15. The van der Waals surface area contributed by atoms with Crippen LogP contribution in [0.2, 0.25) is 0 Å². The van der Waals surface area contributed by atoms with Crippen molar-refractivity contribution in [3.8, 4) is 0 Å². The summed E-state index contributed by atoms with van der Waals surface area (Å²) in [5, 5.41) is 0. The third-order valence-corrected chi connectivity index (χ3v) is 2.46. The van der Waals surface area contributed by atoms with E-state index in [2.05, 4.69) is 17.6 Å². The van der Waals surface area contributed by atoms with Gasteiger partial charge in [0.15, 0.2) is 12.4 Å². The zero-order chi connectivity index (χ0) is 11.4. The van der Waals surface area contributed by atoms with Crippen LogP contribution in [0.3, 0.4) is 0 Å². The van der Waals surface area contributed by atoms with Gasteiger partial charge < -0.3 is 0 Å². The average Bonchev–Trinajstić information content (AvgIpc) is 2.30. The van der Waals surface area contributed by atoms with Gasteiger partial charge in [-0.05, 0) is 12.1 Å². The molecular weight excluding hydrogens is 220 g/mol. The van der Waals surface area contributed by atoms with Gasteiger partial charge in [-0.1, -0.05) is 12.1 Å². The summed E-state index contributed by atoms with van der Waals surface area (Å²) in [5.74, 6) is 0.0621. The number of aromatic nitrogens is 2. The summed E-state index contributed by atoms with van der Waals surface area (Å²) in [4.78, 5) is 16.6. The molecule has 16 heavy (non-hydrogen) atoms. The second-order valence-electron chi connectivity index (χ2n) is 3.39. The lowest BCUT2D eigenvalue weighted by Gasteiger charge is -1.98. The second kappa shape index (κ2) is 4.90. The van der Waals surface area contributed by atoms with Crippen molar-refractivity contribution in [2.24, 2.45) is 0 Å². The number of nitrogens with zero attached hydrogens (tertiary/aromatic N) is 2. The molecular formula is C12H11N2OS+. The van der Waals surface area contributed by atoms with Crippen molar-refractivity contribution in [1.29, 1.82) is 0 Å². The molecule has 1 aromatic heterocycles. The quantitative estimate of drug-likeness (QED) is 0.494. The van der Waals surface area contributed by atoms with E-state index in [-0.39, 0.29) is 5.78 Å². The van der Waals surface area contributed by atoms with Gasteiger partial charge in [0.2, 0.25) is 12.3 Å². The minimum Gasteiger partial charge on any atom is -0.287 e. The van der Waals surface area contributed by atoms with E-state index >= 15 is 0 Å². The Morgan fingerprint density at radius 2 is 2.06 bits per heavy atom. The maximum atomic E-state index is 11.9. The largest absolute Gasteiger partial charge is 0.287 e. The molecule has 4 heteroatoms. The highest BCUT2D eigenvalue weighted by Gasteiger charge is 2.11. The molecule has 1 heterocycles. The molecule has 1 aromatic carbocycles. The van der Waals surface area contributed by atoms with Gasteiger partial charge in [0.1, 0.15) is 0 Å². The predicted octanol–water partition coefficient (Wildman–Crippen LogP) is 1.54. The van der Waals surface area contributed by atoms with E-state index in [1.807, 2.05) is 12.1 Å². The number of Topliss-reactive ketones (excluding diaryl/α,β-unsaturated/α-hetero) is 1. The van der Waals surface area contributed by atoms with Gasteiger partial charge >= 0.3 is 0 Å². The molecule has 0 aliphatic carbocycles. The van der Waals surface area contributed by atoms with Gasteiger partial charge in [0.05, 0.1) is 12.4 Å². The fraction of sp³-hybridized carbons (Fsp3) is 0.0833. The zero-order valence-corrected chi connectivity index (χ0v) is 9.47. The molecule has 2 aromatic rings. The van der Waals surface area contributed by atoms with Gasteiger partial charge in [-0.3, -0.25) is 9.78 Å². The zero-order valence-electron chi connectivity index (χ0n) is 8.58. The summed E-state index contributed by atoms with van der Waals surface area (Å²) in [6.45, 7) is 0.319. The number of carbonyl (C=O) groups excluding carboxylic acids is 1. The first-order valence-electron chi connectivity index (χ1n) is 4.87. The third-order valence-electron chi connectivity index (χ3n) is 2.18. The van der Waals surface area contributed by atoms with E-state index in [0.717, 1.165) is 4.90 Å². The lowest BCUT2D eigenvalue weighted by molar-refractivity contribution is -0.683. The van der Waals surface area contributed by atoms with E-state index in [0.29, 0.717) is 12.1 Å². The minimum absolute atomic E-state index is 0.0621. The summed E-state index contributed by atoms with van der Waals surface area (Å²) < 4.78 is 1.79. The average molecular weight is 231 g/mol. The Labute approximate surface area is 99.2 Å². The molecule has 2 rings (SSSR count). The summed E-state index contributed by atoms with van der Waals surface area (Å²) in [7, 11) is 0. The molecule has 0 saturated carbocycles. The lowest BCUT2D eigenvalue weighted by atomic mass is 10.1. The first-order valence-corrected chi connectivity index (χ1v) is 5.32. The van der Waals surface area contributed by atoms with E-state index < -0.39 is 0 Å². The van der Waals surface area contributed by atoms with E-state index in [1.54, 1.807) is 41.5 Å². The van der Waals surface area contributed by atoms with Crippen LogP contribution >= 0.6 is 12.6 Å². The van der Waals surface area contributed by atoms with Crippen LogP contribution < -0.4 is 4.57 Å². The topological polar surface area (TPSA) is 33.8 Å². The smallest absolute Gasteiger partial charge is 0.227 e. The molecule has 0 spiro atoms. The van der Waals surface area contributed by atoms with Crippen LogP contribution in [0.1, 0.15) is 10.4 Å². The number of hydrogen-bond acceptors (Lipinski definition) is 3. The molecule has 0 saturated heterocycles. The molecule has 0 bridgehead atoms. The Morgan fingerprint density at radius 1 is 1.31 bits per heavy atom. The number of benzene rings is 1. The fourth-order valence-corrected chi connectivity index (χ4v) is 1.61. The molecule has 80 valence electrons. The maximum absolute atomic E-state index is 11.9. The monoisotopic (exact) mass is 231 g/mol. The molecule has 3 nitrogen and oxygen atoms in total. The predicted molar refractivity (Wildman–Crippen MR) is 62.5 cm³/mol. The van der Waals surface area contributed by atoms with Crippen molar-refractivity contribution in [1.82, 2.24) is 4.98 Å². The number of carbonyl (C=O) groups is 1. The Kier molecular flexibility index (Phi) is 3.31. The maximum Gasteiger partial charge on any atom is 0.227 e. The van der Waals surface area contributed by atoms with Gasteiger partial charge in [-0.25, -0.2) is 0 Å². The van der Waals surface area contributed by atoms with Crippen molar-refractivity contribution < 1.29 is 9.36 Å². The molecule has 0 amide bonds. The van der Waals surface area contributed by atoms with Crippen LogP contribution in [0.4, 0.5) is 0 Å². The van der Waals surface area contributed by atoms with Crippen molar-refractivity contribution in [2.45, 2.75) is 11.4 Å². The Hall–Kier alpha value is -1.68. The van der Waals surface area contributed by atoms with Crippen molar-refractivity contribution in [2.75, 3.05) is 0 Å². The van der Waals surface area contributed by atoms with Gasteiger partial charge in [-0.15, -0.1) is 12.6 Å². The summed E-state index contributed by atoms with van der Waals surface area (Å²) in [6, 6.07) is 7.24. The third kappa shape index (κ3) is 2.67. The molecule has 0 N–H and O–H groups in total. The van der Waals surface area contributed by atoms with Crippen LogP contribution in [-0.2, 0) is 6.54 Å².